The Morgan fingerprint density at radius 2 is 2.29 bits per heavy atom. The number of carbonyl (C=O) groups excluding carboxylic acids is 1. The number of aromatic nitrogens is 2. The summed E-state index contributed by atoms with van der Waals surface area (Å²) in [5, 5.41) is 0. The van der Waals surface area contributed by atoms with Gasteiger partial charge in [0.15, 0.2) is 5.82 Å². The Kier molecular flexibility index (Phi) is 3.28. The van der Waals surface area contributed by atoms with Crippen LogP contribution in [0.15, 0.2) is 18.2 Å². The first-order valence-electron chi connectivity index (χ1n) is 5.11. The van der Waals surface area contributed by atoms with Crippen LogP contribution in [0.3, 0.4) is 0 Å². The summed E-state index contributed by atoms with van der Waals surface area (Å²) in [6, 6.07) is 4.67. The Labute approximate surface area is 102 Å². The van der Waals surface area contributed by atoms with E-state index in [1.165, 1.54) is 6.07 Å². The molecule has 0 spiro atoms. The predicted octanol–water partition coefficient (Wildman–Crippen LogP) is 1.79. The average molecular weight is 256 g/mol. The molecule has 17 heavy (non-hydrogen) atoms. The highest BCUT2D eigenvalue weighted by molar-refractivity contribution is 6.16. The van der Waals surface area contributed by atoms with Gasteiger partial charge in [-0.15, -0.1) is 11.6 Å². The van der Waals surface area contributed by atoms with Crippen molar-refractivity contribution in [3.63, 3.8) is 0 Å². The van der Waals surface area contributed by atoms with Gasteiger partial charge in [-0.2, -0.15) is 0 Å². The SMILES string of the molecule is NC(=O)CCn1c(CCl)nc2c(F)cccc21. The lowest BCUT2D eigenvalue weighted by Gasteiger charge is -2.05. The minimum Gasteiger partial charge on any atom is -0.370 e. The first-order chi connectivity index (χ1) is 8.13. The number of fused-ring (bicyclic) bond motifs is 1. The molecule has 0 bridgehead atoms. The number of para-hydroxylation sites is 1. The second-order valence-corrected chi connectivity index (χ2v) is 3.90. The molecule has 1 amide bonds. The highest BCUT2D eigenvalue weighted by atomic mass is 35.5. The van der Waals surface area contributed by atoms with Crippen LogP contribution in [0.1, 0.15) is 12.2 Å². The Morgan fingerprint density at radius 1 is 1.53 bits per heavy atom. The smallest absolute Gasteiger partial charge is 0.219 e. The zero-order chi connectivity index (χ0) is 12.4. The van der Waals surface area contributed by atoms with Crippen molar-refractivity contribution in [2.24, 2.45) is 5.73 Å². The van der Waals surface area contributed by atoms with Gasteiger partial charge in [-0.05, 0) is 12.1 Å². The maximum absolute atomic E-state index is 13.5. The topological polar surface area (TPSA) is 60.9 Å². The molecule has 0 aliphatic heterocycles. The number of amides is 1. The lowest BCUT2D eigenvalue weighted by molar-refractivity contribution is -0.118. The number of carbonyl (C=O) groups is 1. The molecule has 0 atom stereocenters. The molecule has 90 valence electrons. The van der Waals surface area contributed by atoms with Crippen molar-refractivity contribution in [3.8, 4) is 0 Å². The van der Waals surface area contributed by atoms with Gasteiger partial charge in [0.25, 0.3) is 0 Å². The number of alkyl halides is 1. The molecule has 2 rings (SSSR count). The first kappa shape index (κ1) is 11.9. The maximum Gasteiger partial charge on any atom is 0.219 e. The molecule has 0 aliphatic rings. The largest absolute Gasteiger partial charge is 0.370 e. The van der Waals surface area contributed by atoms with Crippen LogP contribution in [0.2, 0.25) is 0 Å². The molecule has 0 radical (unpaired) electrons. The van der Waals surface area contributed by atoms with Crippen LogP contribution in [0.25, 0.3) is 11.0 Å². The number of primary amides is 1. The Hall–Kier alpha value is -1.62. The van der Waals surface area contributed by atoms with E-state index in [0.29, 0.717) is 17.9 Å². The number of aryl methyl sites for hydroxylation is 1. The molecule has 0 saturated heterocycles. The van der Waals surface area contributed by atoms with Gasteiger partial charge < -0.3 is 10.3 Å². The van der Waals surface area contributed by atoms with Crippen LogP contribution in [-0.2, 0) is 17.2 Å². The quantitative estimate of drug-likeness (QED) is 0.847. The molecule has 2 N–H and O–H groups in total. The third-order valence-corrected chi connectivity index (χ3v) is 2.75. The Balaban J connectivity index is 2.51. The van der Waals surface area contributed by atoms with E-state index in [2.05, 4.69) is 4.98 Å². The number of nitrogens with zero attached hydrogens (tertiary/aromatic N) is 2. The summed E-state index contributed by atoms with van der Waals surface area (Å²) in [5.41, 5.74) is 5.99. The lowest BCUT2D eigenvalue weighted by Crippen LogP contribution is -2.14. The van der Waals surface area contributed by atoms with Crippen molar-refractivity contribution in [1.29, 1.82) is 0 Å². The molecule has 1 heterocycles. The number of halogens is 2. The van der Waals surface area contributed by atoms with E-state index in [1.807, 2.05) is 0 Å². The van der Waals surface area contributed by atoms with Gasteiger partial charge in [-0.25, -0.2) is 9.37 Å². The Morgan fingerprint density at radius 3 is 2.94 bits per heavy atom. The summed E-state index contributed by atoms with van der Waals surface area (Å²) < 4.78 is 15.2. The van der Waals surface area contributed by atoms with Crippen molar-refractivity contribution in [2.75, 3.05) is 0 Å². The minimum absolute atomic E-state index is 0.160. The van der Waals surface area contributed by atoms with E-state index in [9.17, 15) is 9.18 Å². The van der Waals surface area contributed by atoms with Crippen molar-refractivity contribution in [1.82, 2.24) is 9.55 Å². The summed E-state index contributed by atoms with van der Waals surface area (Å²) in [6.07, 6.45) is 0.172. The second kappa shape index (κ2) is 4.71. The van der Waals surface area contributed by atoms with Gasteiger partial charge in [0.2, 0.25) is 5.91 Å². The molecule has 1 aromatic carbocycles. The first-order valence-corrected chi connectivity index (χ1v) is 5.65. The molecule has 0 unspecified atom stereocenters. The van der Waals surface area contributed by atoms with Crippen LogP contribution in [0.4, 0.5) is 4.39 Å². The number of hydrogen-bond acceptors (Lipinski definition) is 2. The average Bonchev–Trinajstić information content (AvgIpc) is 2.66. The molecule has 0 saturated carbocycles. The summed E-state index contributed by atoms with van der Waals surface area (Å²) in [6.45, 7) is 0.358. The van der Waals surface area contributed by atoms with Gasteiger partial charge in [0.1, 0.15) is 11.3 Å². The second-order valence-electron chi connectivity index (χ2n) is 3.64. The predicted molar refractivity (Wildman–Crippen MR) is 63.1 cm³/mol. The minimum atomic E-state index is -0.413. The third kappa shape index (κ3) is 2.24. The number of benzene rings is 1. The van der Waals surface area contributed by atoms with E-state index in [4.69, 9.17) is 17.3 Å². The number of hydrogen-bond donors (Lipinski definition) is 1. The highest BCUT2D eigenvalue weighted by Crippen LogP contribution is 2.20. The van der Waals surface area contributed by atoms with Gasteiger partial charge in [0, 0.05) is 13.0 Å². The van der Waals surface area contributed by atoms with Gasteiger partial charge in [0.05, 0.1) is 11.4 Å². The van der Waals surface area contributed by atoms with Crippen LogP contribution < -0.4 is 5.73 Å². The van der Waals surface area contributed by atoms with Gasteiger partial charge in [-0.3, -0.25) is 4.79 Å². The fraction of sp³-hybridized carbons (Fsp3) is 0.273. The standard InChI is InChI=1S/C11H11ClFN3O/c12-6-10-15-11-7(13)2-1-3-8(11)16(10)5-4-9(14)17/h1-3H,4-6H2,(H2,14,17). The normalized spacial score (nSPS) is 10.9. The van der Waals surface area contributed by atoms with E-state index in [0.717, 1.165) is 0 Å². The summed E-state index contributed by atoms with van der Waals surface area (Å²) >= 11 is 5.75. The van der Waals surface area contributed by atoms with E-state index < -0.39 is 11.7 Å². The maximum atomic E-state index is 13.5. The van der Waals surface area contributed by atoms with E-state index >= 15 is 0 Å². The number of rotatable bonds is 4. The molecule has 6 heteroatoms. The van der Waals surface area contributed by atoms with Crippen molar-refractivity contribution in [2.45, 2.75) is 18.8 Å². The summed E-state index contributed by atoms with van der Waals surface area (Å²) in [4.78, 5) is 14.9. The van der Waals surface area contributed by atoms with E-state index in [-0.39, 0.29) is 17.8 Å². The summed E-state index contributed by atoms with van der Waals surface area (Å²) in [7, 11) is 0. The zero-order valence-electron chi connectivity index (χ0n) is 8.99. The molecular formula is C11H11ClFN3O. The van der Waals surface area contributed by atoms with Crippen LogP contribution in [0, 0.1) is 5.82 Å². The number of imidazole rings is 1. The van der Waals surface area contributed by atoms with Crippen LogP contribution in [0.5, 0.6) is 0 Å². The molecule has 4 nitrogen and oxygen atoms in total. The monoisotopic (exact) mass is 255 g/mol. The fourth-order valence-electron chi connectivity index (χ4n) is 1.73. The summed E-state index contributed by atoms with van der Waals surface area (Å²) in [5.74, 6) is -0.115. The van der Waals surface area contributed by atoms with E-state index in [1.54, 1.807) is 16.7 Å². The van der Waals surface area contributed by atoms with Crippen molar-refractivity contribution in [3.05, 3.63) is 29.8 Å². The molecule has 2 aromatic rings. The van der Waals surface area contributed by atoms with Gasteiger partial charge in [-0.1, -0.05) is 6.07 Å². The number of nitrogens with two attached hydrogens (primary N) is 1. The van der Waals surface area contributed by atoms with Crippen molar-refractivity contribution < 1.29 is 9.18 Å². The molecule has 0 aliphatic carbocycles. The van der Waals surface area contributed by atoms with Crippen LogP contribution >= 0.6 is 11.6 Å². The molecule has 1 aromatic heterocycles. The van der Waals surface area contributed by atoms with Gasteiger partial charge >= 0.3 is 0 Å². The Bertz CT molecular complexity index is 567. The fourth-order valence-corrected chi connectivity index (χ4v) is 1.94. The zero-order valence-corrected chi connectivity index (χ0v) is 9.75. The third-order valence-electron chi connectivity index (χ3n) is 2.51. The van der Waals surface area contributed by atoms with Crippen molar-refractivity contribution >= 4 is 28.5 Å². The lowest BCUT2D eigenvalue weighted by atomic mass is 10.3. The van der Waals surface area contributed by atoms with Crippen LogP contribution in [-0.4, -0.2) is 15.5 Å². The highest BCUT2D eigenvalue weighted by Gasteiger charge is 2.13. The molecular weight excluding hydrogens is 245 g/mol. The molecule has 0 fully saturated rings.